The molecular weight excluding hydrogens is 464 g/mol. The van der Waals surface area contributed by atoms with Gasteiger partial charge >= 0.3 is 5.69 Å². The highest BCUT2D eigenvalue weighted by molar-refractivity contribution is 7.20. The van der Waals surface area contributed by atoms with E-state index in [0.29, 0.717) is 40.2 Å². The molecule has 0 bridgehead atoms. The third-order valence-corrected chi connectivity index (χ3v) is 7.63. The van der Waals surface area contributed by atoms with Crippen LogP contribution in [0.5, 0.6) is 0 Å². The van der Waals surface area contributed by atoms with Crippen molar-refractivity contribution in [1.29, 1.82) is 0 Å². The summed E-state index contributed by atoms with van der Waals surface area (Å²) in [6, 6.07) is 9.58. The molecule has 8 nitrogen and oxygen atoms in total. The van der Waals surface area contributed by atoms with Crippen LogP contribution in [0, 0.1) is 6.92 Å². The molecule has 3 aromatic rings. The molecule has 9 heteroatoms. The Morgan fingerprint density at radius 2 is 1.71 bits per heavy atom. The molecule has 0 radical (unpaired) electrons. The number of amides is 2. The Labute approximate surface area is 209 Å². The molecule has 2 amide bonds. The highest BCUT2D eigenvalue weighted by Crippen LogP contribution is 2.29. The van der Waals surface area contributed by atoms with Gasteiger partial charge in [0.15, 0.2) is 0 Å². The minimum atomic E-state index is -0.541. The monoisotopic (exact) mass is 498 g/mol. The Morgan fingerprint density at radius 1 is 1.06 bits per heavy atom. The van der Waals surface area contributed by atoms with Crippen molar-refractivity contribution in [1.82, 2.24) is 19.4 Å². The first-order chi connectivity index (χ1) is 16.7. The number of nitrogens with zero attached hydrogens (tertiary/aromatic N) is 3. The second-order valence-corrected chi connectivity index (χ2v) is 9.65. The maximum atomic E-state index is 13.5. The van der Waals surface area contributed by atoms with Gasteiger partial charge < -0.3 is 10.2 Å². The molecule has 1 atom stereocenters. The van der Waals surface area contributed by atoms with Crippen molar-refractivity contribution in [2.75, 3.05) is 13.1 Å². The number of aromatic nitrogens is 2. The van der Waals surface area contributed by atoms with Crippen LogP contribution in [0.2, 0.25) is 0 Å². The van der Waals surface area contributed by atoms with Gasteiger partial charge in [-0.3, -0.25) is 23.5 Å². The van der Waals surface area contributed by atoms with Crippen LogP contribution in [0.4, 0.5) is 0 Å². The SMILES string of the molecule is CCC(C)NC(=O)Cn1c(=O)n(CCc2ccccc2)c(=O)c2c(C)c(C(=O)N(CC)CC)sc21. The smallest absolute Gasteiger partial charge is 0.332 e. The number of benzene rings is 1. The van der Waals surface area contributed by atoms with Crippen LogP contribution >= 0.6 is 11.3 Å². The van der Waals surface area contributed by atoms with Gasteiger partial charge in [-0.05, 0) is 51.7 Å². The van der Waals surface area contributed by atoms with Crippen molar-refractivity contribution in [2.45, 2.75) is 66.6 Å². The fourth-order valence-corrected chi connectivity index (χ4v) is 5.30. The van der Waals surface area contributed by atoms with Crippen molar-refractivity contribution in [3.8, 4) is 0 Å². The van der Waals surface area contributed by atoms with Crippen LogP contribution in [-0.2, 0) is 24.3 Å². The van der Waals surface area contributed by atoms with Crippen molar-refractivity contribution >= 4 is 33.4 Å². The average molecular weight is 499 g/mol. The molecule has 0 saturated carbocycles. The Balaban J connectivity index is 2.17. The zero-order valence-electron chi connectivity index (χ0n) is 21.1. The van der Waals surface area contributed by atoms with E-state index >= 15 is 0 Å². The van der Waals surface area contributed by atoms with E-state index in [1.54, 1.807) is 11.8 Å². The van der Waals surface area contributed by atoms with Crippen LogP contribution in [0.1, 0.15) is 54.9 Å². The van der Waals surface area contributed by atoms with E-state index in [2.05, 4.69) is 5.32 Å². The number of hydrogen-bond donors (Lipinski definition) is 1. The molecule has 0 saturated heterocycles. The fourth-order valence-electron chi connectivity index (χ4n) is 4.04. The lowest BCUT2D eigenvalue weighted by atomic mass is 10.1. The molecule has 3 rings (SSSR count). The molecule has 1 unspecified atom stereocenters. The predicted octanol–water partition coefficient (Wildman–Crippen LogP) is 3.17. The van der Waals surface area contributed by atoms with Crippen LogP contribution in [0.3, 0.4) is 0 Å². The first kappa shape index (κ1) is 26.4. The summed E-state index contributed by atoms with van der Waals surface area (Å²) < 4.78 is 2.54. The molecule has 0 aliphatic rings. The summed E-state index contributed by atoms with van der Waals surface area (Å²) in [7, 11) is 0. The van der Waals surface area contributed by atoms with Crippen molar-refractivity contribution in [3.05, 3.63) is 67.2 Å². The molecule has 2 aromatic heterocycles. The second kappa shape index (κ2) is 11.5. The Morgan fingerprint density at radius 3 is 2.31 bits per heavy atom. The topological polar surface area (TPSA) is 93.4 Å². The zero-order chi connectivity index (χ0) is 25.7. The Hall–Kier alpha value is -3.20. The van der Waals surface area contributed by atoms with Crippen LogP contribution in [-0.4, -0.2) is 45.0 Å². The normalized spacial score (nSPS) is 12.0. The summed E-state index contributed by atoms with van der Waals surface area (Å²) in [5.74, 6) is -0.481. The fraction of sp³-hybridized carbons (Fsp3) is 0.462. The van der Waals surface area contributed by atoms with Gasteiger partial charge in [0.05, 0.1) is 10.3 Å². The highest BCUT2D eigenvalue weighted by Gasteiger charge is 2.26. The van der Waals surface area contributed by atoms with Crippen molar-refractivity contribution in [2.24, 2.45) is 0 Å². The van der Waals surface area contributed by atoms with E-state index in [1.165, 1.54) is 9.13 Å². The molecule has 1 aromatic carbocycles. The maximum absolute atomic E-state index is 13.5. The quantitative estimate of drug-likeness (QED) is 0.465. The van der Waals surface area contributed by atoms with E-state index in [4.69, 9.17) is 0 Å². The lowest BCUT2D eigenvalue weighted by Gasteiger charge is -2.17. The molecule has 0 aliphatic carbocycles. The average Bonchev–Trinajstić information content (AvgIpc) is 3.20. The maximum Gasteiger partial charge on any atom is 0.332 e. The van der Waals surface area contributed by atoms with Crippen LogP contribution < -0.4 is 16.6 Å². The van der Waals surface area contributed by atoms with E-state index < -0.39 is 11.2 Å². The minimum absolute atomic E-state index is 0.0393. The van der Waals surface area contributed by atoms with Gasteiger partial charge in [-0.15, -0.1) is 11.3 Å². The molecule has 0 aliphatic heterocycles. The lowest BCUT2D eigenvalue weighted by molar-refractivity contribution is -0.122. The molecule has 0 spiro atoms. The first-order valence-corrected chi connectivity index (χ1v) is 12.9. The summed E-state index contributed by atoms with van der Waals surface area (Å²) in [5, 5.41) is 3.21. The summed E-state index contributed by atoms with van der Waals surface area (Å²) in [4.78, 5) is 55.4. The third-order valence-electron chi connectivity index (χ3n) is 6.33. The summed E-state index contributed by atoms with van der Waals surface area (Å²) in [6.07, 6.45) is 1.25. The molecule has 0 fully saturated rings. The van der Waals surface area contributed by atoms with Gasteiger partial charge in [0.25, 0.3) is 11.5 Å². The second-order valence-electron chi connectivity index (χ2n) is 8.65. The lowest BCUT2D eigenvalue weighted by Crippen LogP contribution is -2.43. The van der Waals surface area contributed by atoms with Gasteiger partial charge in [-0.25, -0.2) is 4.79 Å². The van der Waals surface area contributed by atoms with E-state index in [0.717, 1.165) is 23.3 Å². The van der Waals surface area contributed by atoms with Gasteiger partial charge in [-0.1, -0.05) is 37.3 Å². The number of carbonyl (C=O) groups is 2. The third kappa shape index (κ3) is 5.56. The van der Waals surface area contributed by atoms with Gasteiger partial charge in [0, 0.05) is 25.7 Å². The molecule has 35 heavy (non-hydrogen) atoms. The number of hydrogen-bond acceptors (Lipinski definition) is 5. The molecular formula is C26H34N4O4S. The largest absolute Gasteiger partial charge is 0.352 e. The Bertz CT molecular complexity index is 1320. The van der Waals surface area contributed by atoms with E-state index in [-0.39, 0.29) is 30.9 Å². The van der Waals surface area contributed by atoms with Crippen molar-refractivity contribution in [3.63, 3.8) is 0 Å². The molecule has 1 N–H and O–H groups in total. The predicted molar refractivity (Wildman–Crippen MR) is 140 cm³/mol. The van der Waals surface area contributed by atoms with Gasteiger partial charge in [-0.2, -0.15) is 0 Å². The minimum Gasteiger partial charge on any atom is -0.352 e. The molecule has 2 heterocycles. The number of nitrogens with one attached hydrogen (secondary N) is 1. The summed E-state index contributed by atoms with van der Waals surface area (Å²) in [6.45, 7) is 10.4. The van der Waals surface area contributed by atoms with Crippen LogP contribution in [0.25, 0.3) is 10.2 Å². The number of fused-ring (bicyclic) bond motifs is 1. The zero-order valence-corrected chi connectivity index (χ0v) is 21.9. The van der Waals surface area contributed by atoms with E-state index in [9.17, 15) is 19.2 Å². The molecule has 188 valence electrons. The summed E-state index contributed by atoms with van der Waals surface area (Å²) in [5.41, 5.74) is 0.587. The van der Waals surface area contributed by atoms with E-state index in [1.807, 2.05) is 58.0 Å². The standard InChI is InChI=1S/C26H34N4O4S/c1-6-17(4)27-20(31)16-30-25-21(18(5)22(35-25)24(33)28(7-2)8-3)23(32)29(26(30)34)15-14-19-12-10-9-11-13-19/h9-13,17H,6-8,14-16H2,1-5H3,(H,27,31). The van der Waals surface area contributed by atoms with Crippen LogP contribution in [0.15, 0.2) is 39.9 Å². The summed E-state index contributed by atoms with van der Waals surface area (Å²) >= 11 is 1.11. The number of carbonyl (C=O) groups excluding carboxylic acids is 2. The first-order valence-electron chi connectivity index (χ1n) is 12.1. The number of thiophene rings is 1. The van der Waals surface area contributed by atoms with Gasteiger partial charge in [0.2, 0.25) is 5.91 Å². The van der Waals surface area contributed by atoms with Gasteiger partial charge in [0.1, 0.15) is 11.4 Å². The number of rotatable bonds is 10. The highest BCUT2D eigenvalue weighted by atomic mass is 32.1. The number of aryl methyl sites for hydroxylation is 2. The Kier molecular flexibility index (Phi) is 8.67. The van der Waals surface area contributed by atoms with Crippen molar-refractivity contribution < 1.29 is 9.59 Å².